The zero-order chi connectivity index (χ0) is 21.0. The highest BCUT2D eigenvalue weighted by Gasteiger charge is 2.35. The van der Waals surface area contributed by atoms with E-state index in [1.54, 1.807) is 18.2 Å². The number of nitrogens with one attached hydrogen (secondary N) is 2. The first-order chi connectivity index (χ1) is 13.7. The summed E-state index contributed by atoms with van der Waals surface area (Å²) in [6, 6.07) is 14.8. The van der Waals surface area contributed by atoms with E-state index in [4.69, 9.17) is 0 Å². The minimum absolute atomic E-state index is 0.0877. The number of aromatic nitrogens is 2. The van der Waals surface area contributed by atoms with Gasteiger partial charge in [-0.15, -0.1) is 0 Å². The van der Waals surface area contributed by atoms with Crippen molar-refractivity contribution < 1.29 is 13.2 Å². The van der Waals surface area contributed by atoms with Crippen molar-refractivity contribution in [2.45, 2.75) is 33.4 Å². The fourth-order valence-corrected chi connectivity index (χ4v) is 2.93. The van der Waals surface area contributed by atoms with Gasteiger partial charge in [0, 0.05) is 17.6 Å². The zero-order valence-corrected chi connectivity index (χ0v) is 16.5. The Morgan fingerprint density at radius 1 is 0.966 bits per heavy atom. The van der Waals surface area contributed by atoms with E-state index in [1.165, 1.54) is 5.56 Å². The fourth-order valence-electron chi connectivity index (χ4n) is 2.93. The number of alkyl halides is 3. The summed E-state index contributed by atoms with van der Waals surface area (Å²) in [6.45, 7) is 6.15. The molecule has 0 aliphatic heterocycles. The van der Waals surface area contributed by atoms with Crippen LogP contribution in [0.2, 0.25) is 0 Å². The van der Waals surface area contributed by atoms with Gasteiger partial charge in [-0.25, -0.2) is 4.98 Å². The zero-order valence-electron chi connectivity index (χ0n) is 16.5. The third-order valence-corrected chi connectivity index (χ3v) is 4.23. The molecule has 0 aliphatic carbocycles. The van der Waals surface area contributed by atoms with Crippen LogP contribution in [0.4, 0.5) is 36.3 Å². The highest BCUT2D eigenvalue weighted by atomic mass is 19.4. The van der Waals surface area contributed by atoms with Crippen LogP contribution >= 0.6 is 0 Å². The molecule has 1 heterocycles. The van der Waals surface area contributed by atoms with Crippen LogP contribution in [0.25, 0.3) is 0 Å². The first-order valence-corrected chi connectivity index (χ1v) is 9.34. The van der Waals surface area contributed by atoms with Gasteiger partial charge < -0.3 is 10.6 Å². The topological polar surface area (TPSA) is 49.8 Å². The maximum Gasteiger partial charge on any atom is 0.421 e. The number of nitrogens with zero attached hydrogens (tertiary/aromatic N) is 2. The average Bonchev–Trinajstić information content (AvgIpc) is 2.62. The summed E-state index contributed by atoms with van der Waals surface area (Å²) < 4.78 is 40.2. The molecule has 0 saturated heterocycles. The van der Waals surface area contributed by atoms with Gasteiger partial charge >= 0.3 is 6.18 Å². The van der Waals surface area contributed by atoms with E-state index in [9.17, 15) is 13.2 Å². The molecular weight excluding hydrogens is 377 g/mol. The number of anilines is 4. The smallest absolute Gasteiger partial charge is 0.340 e. The molecule has 3 aromatic rings. The molecule has 0 unspecified atom stereocenters. The summed E-state index contributed by atoms with van der Waals surface area (Å²) >= 11 is 0. The van der Waals surface area contributed by atoms with Crippen LogP contribution in [-0.2, 0) is 12.6 Å². The van der Waals surface area contributed by atoms with Crippen LogP contribution in [0, 0.1) is 12.8 Å². The predicted octanol–water partition coefficient (Wildman–Crippen LogP) is 6.49. The Morgan fingerprint density at radius 3 is 2.31 bits per heavy atom. The second-order valence-electron chi connectivity index (χ2n) is 7.37. The van der Waals surface area contributed by atoms with E-state index in [0.717, 1.165) is 18.2 Å². The molecule has 152 valence electrons. The molecule has 4 nitrogen and oxygen atoms in total. The van der Waals surface area contributed by atoms with E-state index < -0.39 is 11.7 Å². The van der Waals surface area contributed by atoms with Gasteiger partial charge in [0.1, 0.15) is 11.4 Å². The van der Waals surface area contributed by atoms with Crippen molar-refractivity contribution in [1.82, 2.24) is 9.97 Å². The first kappa shape index (κ1) is 20.6. The molecule has 3 rings (SSSR count). The van der Waals surface area contributed by atoms with Crippen LogP contribution in [0.1, 0.15) is 30.5 Å². The maximum atomic E-state index is 13.4. The Bertz CT molecular complexity index is 967. The molecule has 29 heavy (non-hydrogen) atoms. The Balaban J connectivity index is 1.86. The van der Waals surface area contributed by atoms with Crippen LogP contribution in [0.15, 0.2) is 54.7 Å². The Kier molecular flexibility index (Phi) is 6.06. The summed E-state index contributed by atoms with van der Waals surface area (Å²) in [6.07, 6.45) is -2.81. The second-order valence-corrected chi connectivity index (χ2v) is 7.37. The molecular formula is C22H23F3N4. The lowest BCUT2D eigenvalue weighted by Crippen LogP contribution is -2.12. The average molecular weight is 400 g/mol. The lowest BCUT2D eigenvalue weighted by Gasteiger charge is -2.15. The molecule has 0 amide bonds. The molecule has 0 atom stereocenters. The Hall–Kier alpha value is -3.09. The van der Waals surface area contributed by atoms with Gasteiger partial charge in [-0.05, 0) is 54.7 Å². The number of benzene rings is 2. The van der Waals surface area contributed by atoms with E-state index in [2.05, 4.69) is 34.4 Å². The second kappa shape index (κ2) is 8.51. The number of hydrogen-bond acceptors (Lipinski definition) is 4. The van der Waals surface area contributed by atoms with Crippen molar-refractivity contribution in [3.63, 3.8) is 0 Å². The molecule has 0 radical (unpaired) electrons. The van der Waals surface area contributed by atoms with Gasteiger partial charge in [-0.1, -0.05) is 38.1 Å². The van der Waals surface area contributed by atoms with Crippen LogP contribution in [-0.4, -0.2) is 9.97 Å². The molecule has 1 aromatic heterocycles. The summed E-state index contributed by atoms with van der Waals surface area (Å²) in [5.41, 5.74) is 2.44. The first-order valence-electron chi connectivity index (χ1n) is 9.34. The van der Waals surface area contributed by atoms with Crippen LogP contribution in [0.5, 0.6) is 0 Å². The predicted molar refractivity (Wildman–Crippen MR) is 110 cm³/mol. The highest BCUT2D eigenvalue weighted by molar-refractivity contribution is 5.63. The Morgan fingerprint density at radius 2 is 1.69 bits per heavy atom. The van der Waals surface area contributed by atoms with E-state index in [0.29, 0.717) is 17.3 Å². The van der Waals surface area contributed by atoms with Crippen molar-refractivity contribution >= 4 is 23.1 Å². The molecule has 2 N–H and O–H groups in total. The van der Waals surface area contributed by atoms with Gasteiger partial charge in [0.2, 0.25) is 5.95 Å². The molecule has 0 bridgehead atoms. The number of hydrogen-bond donors (Lipinski definition) is 2. The van der Waals surface area contributed by atoms with Gasteiger partial charge in [-0.2, -0.15) is 18.2 Å². The fraction of sp³-hybridized carbons (Fsp3) is 0.273. The number of halogens is 3. The van der Waals surface area contributed by atoms with Crippen molar-refractivity contribution in [1.29, 1.82) is 0 Å². The SMILES string of the molecule is Cc1cccc(Nc2nc(Nc3ccc(CC(C)C)cc3)ncc2C(F)(F)F)c1. The molecule has 2 aromatic carbocycles. The third-order valence-electron chi connectivity index (χ3n) is 4.23. The summed E-state index contributed by atoms with van der Waals surface area (Å²) in [5.74, 6) is 0.337. The van der Waals surface area contributed by atoms with Crippen LogP contribution < -0.4 is 10.6 Å². The monoisotopic (exact) mass is 400 g/mol. The maximum absolute atomic E-state index is 13.4. The lowest BCUT2D eigenvalue weighted by molar-refractivity contribution is -0.137. The molecule has 7 heteroatoms. The minimum Gasteiger partial charge on any atom is -0.340 e. The third kappa shape index (κ3) is 5.70. The minimum atomic E-state index is -4.57. The van der Waals surface area contributed by atoms with Crippen molar-refractivity contribution in [2.24, 2.45) is 5.92 Å². The molecule has 0 aliphatic rings. The van der Waals surface area contributed by atoms with Crippen molar-refractivity contribution in [2.75, 3.05) is 10.6 Å². The van der Waals surface area contributed by atoms with E-state index in [1.807, 2.05) is 37.3 Å². The van der Waals surface area contributed by atoms with Crippen molar-refractivity contribution in [3.8, 4) is 0 Å². The highest BCUT2D eigenvalue weighted by Crippen LogP contribution is 2.35. The normalized spacial score (nSPS) is 11.6. The van der Waals surface area contributed by atoms with Gasteiger partial charge in [0.25, 0.3) is 0 Å². The van der Waals surface area contributed by atoms with Crippen LogP contribution in [0.3, 0.4) is 0 Å². The molecule has 0 fully saturated rings. The molecule has 0 saturated carbocycles. The van der Waals surface area contributed by atoms with E-state index in [-0.39, 0.29) is 11.8 Å². The summed E-state index contributed by atoms with van der Waals surface area (Å²) in [5, 5.41) is 5.74. The van der Waals surface area contributed by atoms with E-state index >= 15 is 0 Å². The van der Waals surface area contributed by atoms with Gasteiger partial charge in [0.05, 0.1) is 0 Å². The number of rotatable bonds is 6. The Labute approximate surface area is 168 Å². The largest absolute Gasteiger partial charge is 0.421 e. The summed E-state index contributed by atoms with van der Waals surface area (Å²) in [4.78, 5) is 7.93. The summed E-state index contributed by atoms with van der Waals surface area (Å²) in [7, 11) is 0. The number of aryl methyl sites for hydroxylation is 1. The van der Waals surface area contributed by atoms with Crippen molar-refractivity contribution in [3.05, 3.63) is 71.4 Å². The standard InChI is InChI=1S/C22H23F3N4/c1-14(2)11-16-7-9-17(10-8-16)28-21-26-13-19(22(23,24)25)20(29-21)27-18-6-4-5-15(3)12-18/h4-10,12-14H,11H2,1-3H3,(H2,26,27,28,29). The van der Waals surface area contributed by atoms with Gasteiger partial charge in [-0.3, -0.25) is 0 Å². The lowest BCUT2D eigenvalue weighted by atomic mass is 10.0. The van der Waals surface area contributed by atoms with Gasteiger partial charge in [0.15, 0.2) is 0 Å². The molecule has 0 spiro atoms. The quantitative estimate of drug-likeness (QED) is 0.497.